The second-order valence-corrected chi connectivity index (χ2v) is 6.36. The van der Waals surface area contributed by atoms with Crippen molar-refractivity contribution in [2.45, 2.75) is 19.5 Å². The molecule has 10 nitrogen and oxygen atoms in total. The van der Waals surface area contributed by atoms with Crippen LogP contribution in [0, 0.1) is 0 Å². The summed E-state index contributed by atoms with van der Waals surface area (Å²) >= 11 is 0. The first-order valence-electron chi connectivity index (χ1n) is 9.18. The summed E-state index contributed by atoms with van der Waals surface area (Å²) in [4.78, 5) is 40.9. The van der Waals surface area contributed by atoms with E-state index >= 15 is 0 Å². The molecule has 0 radical (unpaired) electrons. The minimum absolute atomic E-state index is 0.105. The maximum absolute atomic E-state index is 12.7. The molecule has 0 saturated heterocycles. The summed E-state index contributed by atoms with van der Waals surface area (Å²) in [5.74, 6) is 0.865. The highest BCUT2D eigenvalue weighted by atomic mass is 16.5. The average Bonchev–Trinajstić information content (AvgIpc) is 3.27. The number of furan rings is 1. The highest BCUT2D eigenvalue weighted by molar-refractivity contribution is 5.82. The molecule has 0 unspecified atom stereocenters. The summed E-state index contributed by atoms with van der Waals surface area (Å²) in [5, 5.41) is 5.61. The summed E-state index contributed by atoms with van der Waals surface area (Å²) in [6, 6.07) is 6.61. The second-order valence-electron chi connectivity index (χ2n) is 6.36. The molecule has 0 aliphatic heterocycles. The Labute approximate surface area is 171 Å². The molecule has 3 rings (SSSR count). The van der Waals surface area contributed by atoms with E-state index in [-0.39, 0.29) is 37.5 Å². The first kappa shape index (κ1) is 20.9. The van der Waals surface area contributed by atoms with Gasteiger partial charge in [-0.05, 0) is 18.2 Å². The molecule has 158 valence electrons. The molecule has 0 aliphatic rings. The molecule has 0 fully saturated rings. The number of methoxy groups -OCH3 is 2. The van der Waals surface area contributed by atoms with Gasteiger partial charge in [-0.1, -0.05) is 0 Å². The number of benzene rings is 1. The number of fused-ring (bicyclic) bond motifs is 1. The number of carbonyl (C=O) groups is 2. The van der Waals surface area contributed by atoms with Gasteiger partial charge in [-0.2, -0.15) is 0 Å². The summed E-state index contributed by atoms with van der Waals surface area (Å²) in [6.07, 6.45) is 2.93. The lowest BCUT2D eigenvalue weighted by Gasteiger charge is -2.11. The van der Waals surface area contributed by atoms with Gasteiger partial charge >= 0.3 is 0 Å². The third-order valence-electron chi connectivity index (χ3n) is 4.36. The largest absolute Gasteiger partial charge is 0.493 e. The van der Waals surface area contributed by atoms with E-state index in [1.165, 1.54) is 37.4 Å². The van der Waals surface area contributed by atoms with Crippen molar-refractivity contribution in [3.63, 3.8) is 0 Å². The van der Waals surface area contributed by atoms with Crippen LogP contribution >= 0.6 is 0 Å². The van der Waals surface area contributed by atoms with Crippen LogP contribution in [0.4, 0.5) is 0 Å². The zero-order chi connectivity index (χ0) is 21.5. The molecule has 2 heterocycles. The molecule has 2 aromatic heterocycles. The number of nitrogens with one attached hydrogen (secondary N) is 2. The lowest BCUT2D eigenvalue weighted by Crippen LogP contribution is -2.35. The Hall–Kier alpha value is -3.82. The Bertz CT molecular complexity index is 1090. The van der Waals surface area contributed by atoms with E-state index in [1.54, 1.807) is 18.2 Å². The van der Waals surface area contributed by atoms with Gasteiger partial charge in [0.2, 0.25) is 11.8 Å². The highest BCUT2D eigenvalue weighted by Crippen LogP contribution is 2.29. The van der Waals surface area contributed by atoms with Crippen molar-refractivity contribution < 1.29 is 23.5 Å². The van der Waals surface area contributed by atoms with Crippen molar-refractivity contribution in [3.05, 3.63) is 53.0 Å². The van der Waals surface area contributed by atoms with Gasteiger partial charge in [-0.3, -0.25) is 19.0 Å². The quantitative estimate of drug-likeness (QED) is 0.531. The number of ether oxygens (including phenoxy) is 2. The number of hydrogen-bond donors (Lipinski definition) is 2. The summed E-state index contributed by atoms with van der Waals surface area (Å²) in [7, 11) is 2.96. The Morgan fingerprint density at radius 1 is 1.13 bits per heavy atom. The van der Waals surface area contributed by atoms with Gasteiger partial charge in [-0.25, -0.2) is 4.98 Å². The Kier molecular flexibility index (Phi) is 6.68. The Morgan fingerprint density at radius 3 is 2.60 bits per heavy atom. The van der Waals surface area contributed by atoms with Crippen molar-refractivity contribution in [2.24, 2.45) is 0 Å². The third-order valence-corrected chi connectivity index (χ3v) is 4.36. The smallest absolute Gasteiger partial charge is 0.261 e. The molecule has 30 heavy (non-hydrogen) atoms. The van der Waals surface area contributed by atoms with Gasteiger partial charge in [0.15, 0.2) is 11.5 Å². The predicted molar refractivity (Wildman–Crippen MR) is 107 cm³/mol. The predicted octanol–water partition coefficient (Wildman–Crippen LogP) is 0.829. The topological polar surface area (TPSA) is 125 Å². The van der Waals surface area contributed by atoms with Crippen molar-refractivity contribution in [1.82, 2.24) is 20.2 Å². The van der Waals surface area contributed by atoms with E-state index < -0.39 is 5.91 Å². The monoisotopic (exact) mass is 414 g/mol. The van der Waals surface area contributed by atoms with E-state index in [4.69, 9.17) is 13.9 Å². The molecule has 0 bridgehead atoms. The lowest BCUT2D eigenvalue weighted by atomic mass is 10.2. The number of rotatable bonds is 9. The van der Waals surface area contributed by atoms with Gasteiger partial charge in [0.05, 0.1) is 44.3 Å². The number of carbonyl (C=O) groups excluding carboxylic acids is 2. The molecule has 0 saturated carbocycles. The number of aromatic nitrogens is 2. The van der Waals surface area contributed by atoms with Crippen LogP contribution in [0.3, 0.4) is 0 Å². The van der Waals surface area contributed by atoms with E-state index in [1.807, 2.05) is 0 Å². The minimum atomic E-state index is -0.405. The fraction of sp³-hybridized carbons (Fsp3) is 0.300. The molecule has 0 atom stereocenters. The van der Waals surface area contributed by atoms with Crippen LogP contribution in [0.25, 0.3) is 10.9 Å². The van der Waals surface area contributed by atoms with Gasteiger partial charge in [0, 0.05) is 19.0 Å². The van der Waals surface area contributed by atoms with Crippen LogP contribution in [-0.2, 0) is 22.7 Å². The highest BCUT2D eigenvalue weighted by Gasteiger charge is 2.13. The number of amides is 2. The zero-order valence-corrected chi connectivity index (χ0v) is 16.6. The van der Waals surface area contributed by atoms with Crippen LogP contribution in [-0.4, -0.2) is 42.1 Å². The number of hydrogen-bond acceptors (Lipinski definition) is 7. The fourth-order valence-electron chi connectivity index (χ4n) is 2.81. The van der Waals surface area contributed by atoms with Crippen LogP contribution in [0.5, 0.6) is 11.5 Å². The van der Waals surface area contributed by atoms with Crippen molar-refractivity contribution >= 4 is 22.7 Å². The van der Waals surface area contributed by atoms with Crippen molar-refractivity contribution in [2.75, 3.05) is 20.8 Å². The Morgan fingerprint density at radius 2 is 1.90 bits per heavy atom. The average molecular weight is 414 g/mol. The number of nitrogens with zero attached hydrogens (tertiary/aromatic N) is 2. The first-order chi connectivity index (χ1) is 14.5. The fourth-order valence-corrected chi connectivity index (χ4v) is 2.81. The Balaban J connectivity index is 1.56. The van der Waals surface area contributed by atoms with Crippen molar-refractivity contribution in [1.29, 1.82) is 0 Å². The van der Waals surface area contributed by atoms with Gasteiger partial charge in [0.1, 0.15) is 12.3 Å². The molecule has 0 aliphatic carbocycles. The van der Waals surface area contributed by atoms with E-state index in [9.17, 15) is 14.4 Å². The van der Waals surface area contributed by atoms with Gasteiger partial charge in [0.25, 0.3) is 5.56 Å². The summed E-state index contributed by atoms with van der Waals surface area (Å²) in [6.45, 7) is 0.208. The van der Waals surface area contributed by atoms with E-state index in [0.29, 0.717) is 28.2 Å². The van der Waals surface area contributed by atoms with Crippen molar-refractivity contribution in [3.8, 4) is 11.5 Å². The molecule has 3 aromatic rings. The van der Waals surface area contributed by atoms with Crippen LogP contribution in [0.1, 0.15) is 12.2 Å². The molecule has 10 heteroatoms. The second kappa shape index (κ2) is 9.59. The summed E-state index contributed by atoms with van der Waals surface area (Å²) in [5.41, 5.74) is 0.0508. The molecule has 2 N–H and O–H groups in total. The minimum Gasteiger partial charge on any atom is -0.493 e. The molecule has 0 spiro atoms. The maximum Gasteiger partial charge on any atom is 0.261 e. The molecule has 1 aromatic carbocycles. The zero-order valence-electron chi connectivity index (χ0n) is 16.6. The molecular weight excluding hydrogens is 392 g/mol. The maximum atomic E-state index is 12.7. The van der Waals surface area contributed by atoms with Gasteiger partial charge in [-0.15, -0.1) is 0 Å². The SMILES string of the molecule is COc1cc2ncn(CC(=O)NCCC(=O)NCc3ccco3)c(=O)c2cc1OC. The van der Waals surface area contributed by atoms with Crippen LogP contribution in [0.2, 0.25) is 0 Å². The van der Waals surface area contributed by atoms with Crippen LogP contribution < -0.4 is 25.7 Å². The normalized spacial score (nSPS) is 10.6. The van der Waals surface area contributed by atoms with E-state index in [2.05, 4.69) is 15.6 Å². The van der Waals surface area contributed by atoms with E-state index in [0.717, 1.165) is 0 Å². The lowest BCUT2D eigenvalue weighted by molar-refractivity contribution is -0.122. The molecular formula is C20H22N4O6. The molecule has 2 amide bonds. The first-order valence-corrected chi connectivity index (χ1v) is 9.18. The van der Waals surface area contributed by atoms with Gasteiger partial charge < -0.3 is 24.5 Å². The third kappa shape index (κ3) is 4.96. The summed E-state index contributed by atoms with van der Waals surface area (Å²) < 4.78 is 16.7. The van der Waals surface area contributed by atoms with Crippen LogP contribution in [0.15, 0.2) is 46.1 Å². The standard InChI is InChI=1S/C20H22N4O6/c1-28-16-8-14-15(9-17(16)29-2)23-12-24(20(14)27)11-19(26)21-6-5-18(25)22-10-13-4-3-7-30-13/h3-4,7-9,12H,5-6,10-11H2,1-2H3,(H,21,26)(H,22,25).